The molecule has 2 aliphatic rings. The lowest BCUT2D eigenvalue weighted by Crippen LogP contribution is -2.42. The van der Waals surface area contributed by atoms with Crippen molar-refractivity contribution in [1.82, 2.24) is 15.2 Å². The minimum Gasteiger partial charge on any atom is -0.466 e. The Morgan fingerprint density at radius 1 is 1.45 bits per heavy atom. The first kappa shape index (κ1) is 23.9. The lowest BCUT2D eigenvalue weighted by atomic mass is 9.95. The maximum Gasteiger partial charge on any atom is 0.338 e. The standard InChI is InChI=1S/C21H20BrF3N4O3S/c1-32-20(31)16-15(8-29-10-21(24,25)7-12(29)9-30)27-18(19-26-4-5-33-19)28-17(16)13-3-2-11(23)6-14(13)22/h2-6,12,17,30H,7-10H2,1H3,(H,27,28)/t12-,17-/m0/s1. The first-order valence-corrected chi connectivity index (χ1v) is 11.6. The summed E-state index contributed by atoms with van der Waals surface area (Å²) in [6.45, 7) is -1.09. The Morgan fingerprint density at radius 3 is 2.88 bits per heavy atom. The Labute approximate surface area is 200 Å². The molecule has 2 aromatic rings. The lowest BCUT2D eigenvalue weighted by molar-refractivity contribution is -0.136. The molecule has 3 heterocycles. The summed E-state index contributed by atoms with van der Waals surface area (Å²) < 4.78 is 47.3. The van der Waals surface area contributed by atoms with Gasteiger partial charge in [0.2, 0.25) is 0 Å². The number of hydrogen-bond donors (Lipinski definition) is 2. The molecular formula is C21H20BrF3N4O3S. The Kier molecular flexibility index (Phi) is 6.89. The predicted octanol–water partition coefficient (Wildman–Crippen LogP) is 3.26. The van der Waals surface area contributed by atoms with Crippen LogP contribution in [0.15, 0.2) is 50.5 Å². The number of aliphatic hydroxyl groups excluding tert-OH is 1. The Balaban J connectivity index is 1.82. The van der Waals surface area contributed by atoms with Crippen LogP contribution in [0.3, 0.4) is 0 Å². The van der Waals surface area contributed by atoms with Gasteiger partial charge in [-0.25, -0.2) is 22.9 Å². The van der Waals surface area contributed by atoms with Gasteiger partial charge >= 0.3 is 5.97 Å². The number of methoxy groups -OCH3 is 1. The molecule has 7 nitrogen and oxygen atoms in total. The number of likely N-dealkylation sites (tertiary alicyclic amines) is 1. The van der Waals surface area contributed by atoms with E-state index in [4.69, 9.17) is 4.74 Å². The van der Waals surface area contributed by atoms with Crippen molar-refractivity contribution < 1.29 is 27.8 Å². The summed E-state index contributed by atoms with van der Waals surface area (Å²) in [4.78, 5) is 23.2. The van der Waals surface area contributed by atoms with Gasteiger partial charge in [-0.3, -0.25) is 9.89 Å². The van der Waals surface area contributed by atoms with E-state index in [-0.39, 0.29) is 12.1 Å². The topological polar surface area (TPSA) is 87.0 Å². The third kappa shape index (κ3) is 4.98. The van der Waals surface area contributed by atoms with E-state index in [0.29, 0.717) is 26.6 Å². The van der Waals surface area contributed by atoms with Crippen molar-refractivity contribution in [3.05, 3.63) is 61.9 Å². The fourth-order valence-electron chi connectivity index (χ4n) is 4.00. The van der Waals surface area contributed by atoms with E-state index < -0.39 is 49.4 Å². The first-order chi connectivity index (χ1) is 15.7. The van der Waals surface area contributed by atoms with Crippen molar-refractivity contribution >= 4 is 39.1 Å². The summed E-state index contributed by atoms with van der Waals surface area (Å²) in [5, 5.41) is 15.0. The molecule has 0 saturated carbocycles. The van der Waals surface area contributed by atoms with Crippen LogP contribution >= 0.6 is 27.3 Å². The second-order valence-corrected chi connectivity index (χ2v) is 9.44. The minimum atomic E-state index is -2.96. The molecule has 0 bridgehead atoms. The molecule has 1 saturated heterocycles. The van der Waals surface area contributed by atoms with Crippen LogP contribution in [-0.2, 0) is 9.53 Å². The molecule has 1 aromatic carbocycles. The number of carbonyl (C=O) groups is 1. The third-order valence-corrected chi connectivity index (χ3v) is 6.95. The van der Waals surface area contributed by atoms with Crippen LogP contribution in [0, 0.1) is 5.82 Å². The van der Waals surface area contributed by atoms with Crippen LogP contribution in [0.25, 0.3) is 0 Å². The molecule has 0 aliphatic carbocycles. The van der Waals surface area contributed by atoms with Crippen molar-refractivity contribution in [1.29, 1.82) is 0 Å². The predicted molar refractivity (Wildman–Crippen MR) is 120 cm³/mol. The van der Waals surface area contributed by atoms with E-state index in [9.17, 15) is 23.1 Å². The van der Waals surface area contributed by atoms with Gasteiger partial charge in [-0.1, -0.05) is 22.0 Å². The van der Waals surface area contributed by atoms with Crippen molar-refractivity contribution in [3.8, 4) is 0 Å². The second-order valence-electron chi connectivity index (χ2n) is 7.69. The number of alkyl halides is 2. The number of esters is 1. The fraction of sp³-hybridized carbons (Fsp3) is 0.381. The fourth-order valence-corrected chi connectivity index (χ4v) is 5.16. The smallest absolute Gasteiger partial charge is 0.338 e. The number of aliphatic imine (C=N–C) groups is 1. The largest absolute Gasteiger partial charge is 0.466 e. The van der Waals surface area contributed by atoms with E-state index in [2.05, 4.69) is 31.2 Å². The van der Waals surface area contributed by atoms with E-state index in [1.54, 1.807) is 11.6 Å². The number of amidine groups is 1. The van der Waals surface area contributed by atoms with Crippen LogP contribution < -0.4 is 5.32 Å². The van der Waals surface area contributed by atoms with Crippen LogP contribution in [0.1, 0.15) is 23.0 Å². The summed E-state index contributed by atoms with van der Waals surface area (Å²) in [7, 11) is 1.21. The number of halogens is 4. The van der Waals surface area contributed by atoms with Crippen molar-refractivity contribution in [2.24, 2.45) is 4.99 Å². The highest BCUT2D eigenvalue weighted by Crippen LogP contribution is 2.38. The highest BCUT2D eigenvalue weighted by atomic mass is 79.9. The van der Waals surface area contributed by atoms with Crippen LogP contribution in [-0.4, -0.2) is 65.6 Å². The zero-order valence-corrected chi connectivity index (χ0v) is 19.8. The number of benzene rings is 1. The molecule has 4 rings (SSSR count). The van der Waals surface area contributed by atoms with Gasteiger partial charge in [-0.2, -0.15) is 0 Å². The monoisotopic (exact) mass is 544 g/mol. The van der Waals surface area contributed by atoms with Crippen LogP contribution in [0.5, 0.6) is 0 Å². The number of thiazole rings is 1. The Morgan fingerprint density at radius 2 is 2.24 bits per heavy atom. The molecule has 2 atom stereocenters. The molecule has 176 valence electrons. The van der Waals surface area contributed by atoms with E-state index in [1.807, 2.05) is 0 Å². The first-order valence-electron chi connectivity index (χ1n) is 9.96. The summed E-state index contributed by atoms with van der Waals surface area (Å²) >= 11 is 4.64. The van der Waals surface area contributed by atoms with Crippen molar-refractivity contribution in [2.45, 2.75) is 24.4 Å². The molecule has 2 aliphatic heterocycles. The summed E-state index contributed by atoms with van der Waals surface area (Å²) in [5.41, 5.74) is 0.909. The molecule has 1 aromatic heterocycles. The van der Waals surface area contributed by atoms with Gasteiger partial charge in [0.1, 0.15) is 11.9 Å². The molecular weight excluding hydrogens is 525 g/mol. The summed E-state index contributed by atoms with van der Waals surface area (Å²) in [6, 6.07) is 2.33. The number of aliphatic hydroxyl groups is 1. The van der Waals surface area contributed by atoms with Crippen LogP contribution in [0.4, 0.5) is 13.2 Å². The zero-order chi connectivity index (χ0) is 23.8. The van der Waals surface area contributed by atoms with E-state index in [1.165, 1.54) is 41.5 Å². The SMILES string of the molecule is COC(=O)C1=C(CN2CC(F)(F)C[C@H]2CO)NC(c2nccs2)=N[C@H]1c1ccc(F)cc1Br. The highest BCUT2D eigenvalue weighted by Gasteiger charge is 2.45. The third-order valence-electron chi connectivity index (χ3n) is 5.48. The number of ether oxygens (including phenoxy) is 1. The number of aromatic nitrogens is 1. The Hall–Kier alpha value is -2.28. The number of nitrogens with zero attached hydrogens (tertiary/aromatic N) is 3. The quantitative estimate of drug-likeness (QED) is 0.543. The average Bonchev–Trinajstić information content (AvgIpc) is 3.40. The van der Waals surface area contributed by atoms with Gasteiger partial charge < -0.3 is 15.2 Å². The van der Waals surface area contributed by atoms with Gasteiger partial charge in [0, 0.05) is 40.8 Å². The molecule has 2 N–H and O–H groups in total. The van der Waals surface area contributed by atoms with Gasteiger partial charge in [-0.05, 0) is 17.7 Å². The van der Waals surface area contributed by atoms with Crippen molar-refractivity contribution in [3.63, 3.8) is 0 Å². The van der Waals surface area contributed by atoms with E-state index >= 15 is 0 Å². The van der Waals surface area contributed by atoms with Gasteiger partial charge in [0.05, 0.1) is 25.8 Å². The number of carbonyl (C=O) groups excluding carboxylic acids is 1. The van der Waals surface area contributed by atoms with Crippen LogP contribution in [0.2, 0.25) is 0 Å². The molecule has 0 unspecified atom stereocenters. The number of rotatable bonds is 6. The maximum absolute atomic E-state index is 14.1. The molecule has 0 amide bonds. The number of hydrogen-bond acceptors (Lipinski definition) is 8. The van der Waals surface area contributed by atoms with Gasteiger partial charge in [-0.15, -0.1) is 11.3 Å². The minimum absolute atomic E-state index is 0.0784. The van der Waals surface area contributed by atoms with Gasteiger partial charge in [0.15, 0.2) is 10.8 Å². The Bertz CT molecular complexity index is 1110. The highest BCUT2D eigenvalue weighted by molar-refractivity contribution is 9.10. The average molecular weight is 545 g/mol. The number of nitrogens with one attached hydrogen (secondary N) is 1. The second kappa shape index (κ2) is 9.53. The zero-order valence-electron chi connectivity index (χ0n) is 17.4. The van der Waals surface area contributed by atoms with Gasteiger partial charge in [0.25, 0.3) is 5.92 Å². The molecule has 33 heavy (non-hydrogen) atoms. The summed E-state index contributed by atoms with van der Waals surface area (Å²) in [6.07, 6.45) is 1.11. The molecule has 12 heteroatoms. The maximum atomic E-state index is 14.1. The summed E-state index contributed by atoms with van der Waals surface area (Å²) in [5.74, 6) is -3.79. The molecule has 0 radical (unpaired) electrons. The van der Waals surface area contributed by atoms with E-state index in [0.717, 1.165) is 0 Å². The normalized spacial score (nSPS) is 22.8. The lowest BCUT2D eigenvalue weighted by Gasteiger charge is -2.31. The van der Waals surface area contributed by atoms with Crippen molar-refractivity contribution in [2.75, 3.05) is 26.8 Å². The molecule has 1 fully saturated rings. The molecule has 0 spiro atoms.